The van der Waals surface area contributed by atoms with E-state index in [0.29, 0.717) is 6.04 Å². The molecule has 3 atom stereocenters. The molecule has 1 saturated heterocycles. The standard InChI is InChI=1S/C18H28N2/c1-3-11-19-18(4-2)15-6-9-16(10-7-15)20-13-14-5-8-17(20)12-14/h6-7,9-10,14,17-19H,3-5,8,11-13H2,1-2H3. The van der Waals surface area contributed by atoms with Crippen LogP contribution in [0.3, 0.4) is 0 Å². The molecule has 1 aromatic carbocycles. The van der Waals surface area contributed by atoms with Crippen LogP contribution in [0.5, 0.6) is 0 Å². The summed E-state index contributed by atoms with van der Waals surface area (Å²) >= 11 is 0. The maximum absolute atomic E-state index is 3.64. The Hall–Kier alpha value is -1.02. The largest absolute Gasteiger partial charge is 0.368 e. The van der Waals surface area contributed by atoms with Crippen molar-refractivity contribution in [2.75, 3.05) is 18.0 Å². The van der Waals surface area contributed by atoms with Crippen molar-refractivity contribution in [3.05, 3.63) is 29.8 Å². The fraction of sp³-hybridized carbons (Fsp3) is 0.667. The molecule has 1 saturated carbocycles. The lowest BCUT2D eigenvalue weighted by molar-refractivity contribution is 0.518. The number of hydrogen-bond donors (Lipinski definition) is 1. The Balaban J connectivity index is 1.67. The van der Waals surface area contributed by atoms with Gasteiger partial charge in [0.2, 0.25) is 0 Å². The predicted octanol–water partition coefficient (Wildman–Crippen LogP) is 4.13. The minimum atomic E-state index is 0.513. The second kappa shape index (κ2) is 6.17. The minimum absolute atomic E-state index is 0.513. The molecule has 2 fully saturated rings. The van der Waals surface area contributed by atoms with Gasteiger partial charge in [-0.25, -0.2) is 0 Å². The van der Waals surface area contributed by atoms with Crippen LogP contribution in [-0.2, 0) is 0 Å². The zero-order valence-electron chi connectivity index (χ0n) is 12.9. The van der Waals surface area contributed by atoms with Crippen molar-refractivity contribution in [1.82, 2.24) is 5.32 Å². The van der Waals surface area contributed by atoms with Crippen LogP contribution in [-0.4, -0.2) is 19.1 Å². The van der Waals surface area contributed by atoms with Gasteiger partial charge in [0, 0.05) is 24.3 Å². The highest BCUT2D eigenvalue weighted by molar-refractivity contribution is 5.50. The van der Waals surface area contributed by atoms with E-state index in [4.69, 9.17) is 0 Å². The molecule has 0 aromatic heterocycles. The summed E-state index contributed by atoms with van der Waals surface area (Å²) in [7, 11) is 0. The van der Waals surface area contributed by atoms with Gasteiger partial charge in [-0.3, -0.25) is 0 Å². The number of nitrogens with zero attached hydrogens (tertiary/aromatic N) is 1. The first-order chi connectivity index (χ1) is 9.81. The van der Waals surface area contributed by atoms with Gasteiger partial charge in [-0.05, 0) is 62.3 Å². The van der Waals surface area contributed by atoms with E-state index < -0.39 is 0 Å². The third kappa shape index (κ3) is 2.71. The smallest absolute Gasteiger partial charge is 0.0369 e. The summed E-state index contributed by atoms with van der Waals surface area (Å²) in [6, 6.07) is 10.7. The van der Waals surface area contributed by atoms with Crippen LogP contribution in [0.15, 0.2) is 24.3 Å². The summed E-state index contributed by atoms with van der Waals surface area (Å²) < 4.78 is 0. The number of piperidine rings is 1. The fourth-order valence-electron chi connectivity index (χ4n) is 3.96. The molecule has 3 unspecified atom stereocenters. The molecule has 3 rings (SSSR count). The molecule has 1 aromatic rings. The molecule has 0 amide bonds. The van der Waals surface area contributed by atoms with Crippen LogP contribution in [0.2, 0.25) is 0 Å². The zero-order valence-corrected chi connectivity index (χ0v) is 12.9. The number of hydrogen-bond acceptors (Lipinski definition) is 2. The van der Waals surface area contributed by atoms with Gasteiger partial charge < -0.3 is 10.2 Å². The first-order valence-corrected chi connectivity index (χ1v) is 8.41. The lowest BCUT2D eigenvalue weighted by Crippen LogP contribution is -2.31. The van der Waals surface area contributed by atoms with E-state index in [-0.39, 0.29) is 0 Å². The van der Waals surface area contributed by atoms with Gasteiger partial charge in [0.25, 0.3) is 0 Å². The molecule has 1 aliphatic carbocycles. The Labute approximate surface area is 123 Å². The predicted molar refractivity (Wildman–Crippen MR) is 86.2 cm³/mol. The van der Waals surface area contributed by atoms with Crippen molar-refractivity contribution < 1.29 is 0 Å². The van der Waals surface area contributed by atoms with E-state index >= 15 is 0 Å². The molecule has 0 radical (unpaired) electrons. The van der Waals surface area contributed by atoms with Gasteiger partial charge in [0.05, 0.1) is 0 Å². The second-order valence-electron chi connectivity index (χ2n) is 6.49. The first kappa shape index (κ1) is 13.9. The van der Waals surface area contributed by atoms with E-state index in [2.05, 4.69) is 48.3 Å². The van der Waals surface area contributed by atoms with Crippen molar-refractivity contribution in [3.63, 3.8) is 0 Å². The Morgan fingerprint density at radius 3 is 2.55 bits per heavy atom. The molecule has 2 heteroatoms. The van der Waals surface area contributed by atoms with Crippen molar-refractivity contribution in [3.8, 4) is 0 Å². The van der Waals surface area contributed by atoms with E-state index in [1.165, 1.54) is 43.5 Å². The molecule has 1 N–H and O–H groups in total. The van der Waals surface area contributed by atoms with Crippen LogP contribution < -0.4 is 10.2 Å². The van der Waals surface area contributed by atoms with E-state index in [1.54, 1.807) is 0 Å². The minimum Gasteiger partial charge on any atom is -0.368 e. The summed E-state index contributed by atoms with van der Waals surface area (Å²) in [4.78, 5) is 2.64. The highest BCUT2D eigenvalue weighted by Gasteiger charge is 2.37. The summed E-state index contributed by atoms with van der Waals surface area (Å²) in [5, 5.41) is 3.64. The van der Waals surface area contributed by atoms with Crippen molar-refractivity contribution in [2.45, 2.75) is 58.0 Å². The summed E-state index contributed by atoms with van der Waals surface area (Å²) in [5.74, 6) is 0.967. The number of fused-ring (bicyclic) bond motifs is 2. The van der Waals surface area contributed by atoms with Crippen LogP contribution in [0.4, 0.5) is 5.69 Å². The molecule has 20 heavy (non-hydrogen) atoms. The highest BCUT2D eigenvalue weighted by atomic mass is 15.2. The second-order valence-corrected chi connectivity index (χ2v) is 6.49. The van der Waals surface area contributed by atoms with Crippen LogP contribution in [0, 0.1) is 5.92 Å². The Morgan fingerprint density at radius 2 is 2.00 bits per heavy atom. The SMILES string of the molecule is CCCNC(CC)c1ccc(N2CC3CCC2C3)cc1. The molecule has 2 bridgehead atoms. The first-order valence-electron chi connectivity index (χ1n) is 8.41. The van der Waals surface area contributed by atoms with E-state index in [0.717, 1.165) is 24.9 Å². The monoisotopic (exact) mass is 272 g/mol. The normalized spacial score (nSPS) is 26.2. The van der Waals surface area contributed by atoms with E-state index in [1.807, 2.05) is 0 Å². The van der Waals surface area contributed by atoms with Gasteiger partial charge in [-0.15, -0.1) is 0 Å². The Bertz CT molecular complexity index is 426. The Kier molecular flexibility index (Phi) is 4.30. The number of nitrogens with one attached hydrogen (secondary N) is 1. The molecular formula is C18H28N2. The Morgan fingerprint density at radius 1 is 1.20 bits per heavy atom. The van der Waals surface area contributed by atoms with Gasteiger partial charge in [-0.1, -0.05) is 26.0 Å². The lowest BCUT2D eigenvalue weighted by Gasteiger charge is -2.29. The quantitative estimate of drug-likeness (QED) is 0.838. The van der Waals surface area contributed by atoms with Gasteiger partial charge in [0.1, 0.15) is 0 Å². The maximum Gasteiger partial charge on any atom is 0.0369 e. The van der Waals surface area contributed by atoms with Gasteiger partial charge >= 0.3 is 0 Å². The van der Waals surface area contributed by atoms with Crippen molar-refractivity contribution in [1.29, 1.82) is 0 Å². The van der Waals surface area contributed by atoms with Crippen molar-refractivity contribution >= 4 is 5.69 Å². The van der Waals surface area contributed by atoms with Gasteiger partial charge in [-0.2, -0.15) is 0 Å². The van der Waals surface area contributed by atoms with Crippen LogP contribution >= 0.6 is 0 Å². The summed E-state index contributed by atoms with van der Waals surface area (Å²) in [6.45, 7) is 6.89. The number of anilines is 1. The number of rotatable bonds is 6. The molecule has 110 valence electrons. The molecular weight excluding hydrogens is 244 g/mol. The maximum atomic E-state index is 3.64. The summed E-state index contributed by atoms with van der Waals surface area (Å²) in [6.07, 6.45) is 6.65. The molecule has 2 aliphatic rings. The highest BCUT2D eigenvalue weighted by Crippen LogP contribution is 2.40. The number of benzene rings is 1. The van der Waals surface area contributed by atoms with Gasteiger partial charge in [0.15, 0.2) is 0 Å². The average molecular weight is 272 g/mol. The topological polar surface area (TPSA) is 15.3 Å². The van der Waals surface area contributed by atoms with Crippen molar-refractivity contribution in [2.24, 2.45) is 5.92 Å². The molecule has 1 heterocycles. The van der Waals surface area contributed by atoms with Crippen LogP contribution in [0.25, 0.3) is 0 Å². The zero-order chi connectivity index (χ0) is 13.9. The van der Waals surface area contributed by atoms with Crippen LogP contribution in [0.1, 0.15) is 57.6 Å². The molecule has 1 aliphatic heterocycles. The molecule has 2 nitrogen and oxygen atoms in total. The van der Waals surface area contributed by atoms with E-state index in [9.17, 15) is 0 Å². The molecule has 0 spiro atoms. The lowest BCUT2D eigenvalue weighted by atomic mass is 10.0. The third-order valence-corrected chi connectivity index (χ3v) is 5.09. The summed E-state index contributed by atoms with van der Waals surface area (Å²) in [5.41, 5.74) is 2.88. The fourth-order valence-corrected chi connectivity index (χ4v) is 3.96. The third-order valence-electron chi connectivity index (χ3n) is 5.09. The average Bonchev–Trinajstić information content (AvgIpc) is 3.11.